The molecule has 1 heterocycles. The summed E-state index contributed by atoms with van der Waals surface area (Å²) in [5, 5.41) is 13.2. The molecule has 0 radical (unpaired) electrons. The number of nitrogens with one attached hydrogen (secondary N) is 1. The van der Waals surface area contributed by atoms with Crippen molar-refractivity contribution in [3.8, 4) is 0 Å². The van der Waals surface area contributed by atoms with E-state index in [1.165, 1.54) is 6.42 Å². The number of carbonyl (C=O) groups excluding carboxylic acids is 1. The predicted octanol–water partition coefficient (Wildman–Crippen LogP) is 3.21. The van der Waals surface area contributed by atoms with Crippen molar-refractivity contribution in [1.82, 2.24) is 5.32 Å². The Morgan fingerprint density at radius 3 is 2.72 bits per heavy atom. The maximum absolute atomic E-state index is 11.8. The number of rotatable bonds is 4. The first-order chi connectivity index (χ1) is 8.57. The normalized spacial score (nSPS) is 18.6. The summed E-state index contributed by atoms with van der Waals surface area (Å²) in [7, 11) is 0. The Morgan fingerprint density at radius 2 is 2.11 bits per heavy atom. The highest BCUT2D eigenvalue weighted by molar-refractivity contribution is 9.11. The molecule has 1 saturated carbocycles. The van der Waals surface area contributed by atoms with Gasteiger partial charge in [-0.05, 0) is 40.9 Å². The molecule has 100 valence electrons. The minimum Gasteiger partial charge on any atom is -0.389 e. The molecular formula is C13H18BrNO2S. The molecule has 1 fully saturated rings. The third-order valence-electron chi connectivity index (χ3n) is 3.36. The number of hydrogen-bond donors (Lipinski definition) is 2. The Labute approximate surface area is 120 Å². The summed E-state index contributed by atoms with van der Waals surface area (Å²) in [5.41, 5.74) is -0.766. The molecule has 0 spiro atoms. The van der Waals surface area contributed by atoms with Crippen LogP contribution in [0.5, 0.6) is 0 Å². The summed E-state index contributed by atoms with van der Waals surface area (Å²) in [6.07, 6.45) is 4.98. The molecule has 0 unspecified atom stereocenters. The monoisotopic (exact) mass is 331 g/mol. The Bertz CT molecular complexity index is 413. The third-order valence-corrected chi connectivity index (χ3v) is 4.99. The fraction of sp³-hybridized carbons (Fsp3) is 0.615. The van der Waals surface area contributed by atoms with Gasteiger partial charge in [0.05, 0.1) is 22.4 Å². The Kier molecular flexibility index (Phi) is 4.81. The van der Waals surface area contributed by atoms with Crippen LogP contribution in [0.1, 0.15) is 43.4 Å². The molecule has 2 N–H and O–H groups in total. The van der Waals surface area contributed by atoms with E-state index in [4.69, 9.17) is 0 Å². The topological polar surface area (TPSA) is 49.3 Å². The van der Waals surface area contributed by atoms with Crippen molar-refractivity contribution < 1.29 is 9.90 Å². The number of halogens is 1. The highest BCUT2D eigenvalue weighted by atomic mass is 79.9. The zero-order valence-electron chi connectivity index (χ0n) is 10.2. The molecule has 1 aromatic heterocycles. The van der Waals surface area contributed by atoms with Crippen molar-refractivity contribution in [1.29, 1.82) is 0 Å². The van der Waals surface area contributed by atoms with Gasteiger partial charge in [-0.2, -0.15) is 0 Å². The minimum atomic E-state index is -0.766. The van der Waals surface area contributed by atoms with E-state index in [1.807, 2.05) is 12.1 Å². The predicted molar refractivity (Wildman–Crippen MR) is 76.5 cm³/mol. The smallest absolute Gasteiger partial charge is 0.223 e. The van der Waals surface area contributed by atoms with Crippen LogP contribution in [0.15, 0.2) is 15.9 Å². The van der Waals surface area contributed by atoms with Gasteiger partial charge >= 0.3 is 0 Å². The average Bonchev–Trinajstić information content (AvgIpc) is 2.73. The number of carbonyl (C=O) groups is 1. The average molecular weight is 332 g/mol. The van der Waals surface area contributed by atoms with Crippen LogP contribution in [0.4, 0.5) is 0 Å². The second-order valence-corrected chi connectivity index (χ2v) is 7.49. The lowest BCUT2D eigenvalue weighted by Gasteiger charge is -2.31. The first-order valence-corrected chi connectivity index (χ1v) is 7.92. The van der Waals surface area contributed by atoms with Crippen molar-refractivity contribution in [2.75, 3.05) is 0 Å². The van der Waals surface area contributed by atoms with Gasteiger partial charge < -0.3 is 10.4 Å². The van der Waals surface area contributed by atoms with Crippen LogP contribution in [-0.2, 0) is 11.3 Å². The Hall–Kier alpha value is -0.390. The van der Waals surface area contributed by atoms with Crippen molar-refractivity contribution >= 4 is 33.2 Å². The van der Waals surface area contributed by atoms with Gasteiger partial charge in [-0.15, -0.1) is 11.3 Å². The minimum absolute atomic E-state index is 0.0519. The zero-order valence-corrected chi connectivity index (χ0v) is 12.6. The molecule has 0 atom stereocenters. The van der Waals surface area contributed by atoms with E-state index >= 15 is 0 Å². The largest absolute Gasteiger partial charge is 0.389 e. The summed E-state index contributed by atoms with van der Waals surface area (Å²) < 4.78 is 1.07. The maximum atomic E-state index is 11.8. The van der Waals surface area contributed by atoms with Crippen LogP contribution in [-0.4, -0.2) is 16.6 Å². The number of thiophene rings is 1. The summed E-state index contributed by atoms with van der Waals surface area (Å²) in [4.78, 5) is 12.9. The summed E-state index contributed by atoms with van der Waals surface area (Å²) in [6, 6.07) is 3.96. The van der Waals surface area contributed by atoms with E-state index in [-0.39, 0.29) is 12.3 Å². The summed E-state index contributed by atoms with van der Waals surface area (Å²) in [5.74, 6) is -0.0519. The van der Waals surface area contributed by atoms with Crippen molar-refractivity contribution in [3.63, 3.8) is 0 Å². The lowest BCUT2D eigenvalue weighted by atomic mass is 9.82. The van der Waals surface area contributed by atoms with Crippen LogP contribution >= 0.6 is 27.3 Å². The second-order valence-electron chi connectivity index (χ2n) is 4.94. The van der Waals surface area contributed by atoms with Crippen LogP contribution in [0.2, 0.25) is 0 Å². The van der Waals surface area contributed by atoms with Gasteiger partial charge in [-0.3, -0.25) is 4.79 Å². The molecule has 1 aliphatic rings. The van der Waals surface area contributed by atoms with E-state index in [2.05, 4.69) is 21.2 Å². The number of hydrogen-bond acceptors (Lipinski definition) is 3. The van der Waals surface area contributed by atoms with Gasteiger partial charge in [0.15, 0.2) is 0 Å². The zero-order chi connectivity index (χ0) is 13.0. The Morgan fingerprint density at radius 1 is 1.39 bits per heavy atom. The van der Waals surface area contributed by atoms with Gasteiger partial charge in [0.1, 0.15) is 0 Å². The molecule has 0 aromatic carbocycles. The lowest BCUT2D eigenvalue weighted by molar-refractivity contribution is -0.127. The molecule has 5 heteroatoms. The van der Waals surface area contributed by atoms with Gasteiger partial charge in [-0.25, -0.2) is 0 Å². The van der Waals surface area contributed by atoms with E-state index in [1.54, 1.807) is 11.3 Å². The first-order valence-electron chi connectivity index (χ1n) is 6.31. The summed E-state index contributed by atoms with van der Waals surface area (Å²) in [6.45, 7) is 0.547. The first kappa shape index (κ1) is 14.0. The summed E-state index contributed by atoms with van der Waals surface area (Å²) >= 11 is 5.01. The fourth-order valence-electron chi connectivity index (χ4n) is 2.38. The highest BCUT2D eigenvalue weighted by Gasteiger charge is 2.31. The second kappa shape index (κ2) is 6.17. The van der Waals surface area contributed by atoms with Crippen LogP contribution in [0.25, 0.3) is 0 Å². The molecule has 2 rings (SSSR count). The molecule has 1 aliphatic carbocycles. The highest BCUT2D eigenvalue weighted by Crippen LogP contribution is 2.30. The molecule has 0 bridgehead atoms. The molecule has 1 amide bonds. The lowest BCUT2D eigenvalue weighted by Crippen LogP contribution is -2.38. The Balaban J connectivity index is 1.78. The molecule has 0 saturated heterocycles. The number of amides is 1. The van der Waals surface area contributed by atoms with E-state index in [0.29, 0.717) is 6.54 Å². The van der Waals surface area contributed by atoms with Crippen molar-refractivity contribution in [3.05, 3.63) is 20.8 Å². The van der Waals surface area contributed by atoms with E-state index < -0.39 is 5.60 Å². The molecule has 3 nitrogen and oxygen atoms in total. The van der Waals surface area contributed by atoms with E-state index in [0.717, 1.165) is 34.3 Å². The fourth-order valence-corrected chi connectivity index (χ4v) is 3.80. The number of aliphatic hydroxyl groups is 1. The van der Waals surface area contributed by atoms with Gasteiger partial charge in [0.25, 0.3) is 0 Å². The third kappa shape index (κ3) is 4.07. The van der Waals surface area contributed by atoms with E-state index in [9.17, 15) is 9.90 Å². The molecule has 18 heavy (non-hydrogen) atoms. The van der Waals surface area contributed by atoms with Gasteiger partial charge in [-0.1, -0.05) is 19.3 Å². The van der Waals surface area contributed by atoms with Gasteiger partial charge in [0.2, 0.25) is 5.91 Å². The van der Waals surface area contributed by atoms with Crippen molar-refractivity contribution in [2.45, 2.75) is 50.7 Å². The standard InChI is InChI=1S/C13H18BrNO2S/c14-11-5-4-10(18-11)9-15-12(16)8-13(17)6-2-1-3-7-13/h4-5,17H,1-3,6-9H2,(H,15,16). The molecule has 1 aromatic rings. The van der Waals surface area contributed by atoms with Crippen molar-refractivity contribution in [2.24, 2.45) is 0 Å². The van der Waals surface area contributed by atoms with Crippen LogP contribution < -0.4 is 5.32 Å². The molecule has 0 aliphatic heterocycles. The maximum Gasteiger partial charge on any atom is 0.223 e. The molecular weight excluding hydrogens is 314 g/mol. The SMILES string of the molecule is O=C(CC1(O)CCCCC1)NCc1ccc(Br)s1. The van der Waals surface area contributed by atoms with Crippen LogP contribution in [0.3, 0.4) is 0 Å². The van der Waals surface area contributed by atoms with Crippen LogP contribution in [0, 0.1) is 0 Å². The van der Waals surface area contributed by atoms with Gasteiger partial charge in [0, 0.05) is 4.88 Å². The quantitative estimate of drug-likeness (QED) is 0.889.